The molecule has 1 aromatic heterocycles. The third-order valence-corrected chi connectivity index (χ3v) is 6.14. The van der Waals surface area contributed by atoms with E-state index in [0.29, 0.717) is 23.2 Å². The van der Waals surface area contributed by atoms with Crippen molar-refractivity contribution in [2.24, 2.45) is 0 Å². The number of carbonyl (C=O) groups excluding carboxylic acids is 2. The topological polar surface area (TPSA) is 98.1 Å². The van der Waals surface area contributed by atoms with Gasteiger partial charge < -0.3 is 19.9 Å². The molecule has 1 unspecified atom stereocenters. The summed E-state index contributed by atoms with van der Waals surface area (Å²) >= 11 is 6.96. The van der Waals surface area contributed by atoms with Gasteiger partial charge in [0.15, 0.2) is 11.0 Å². The maximum absolute atomic E-state index is 13.3. The second-order valence-electron chi connectivity index (χ2n) is 7.36. The van der Waals surface area contributed by atoms with Gasteiger partial charge in [-0.2, -0.15) is 0 Å². The van der Waals surface area contributed by atoms with E-state index in [0.717, 1.165) is 11.3 Å². The number of nitrogens with zero attached hydrogens (tertiary/aromatic N) is 3. The van der Waals surface area contributed by atoms with Gasteiger partial charge in [0.25, 0.3) is 0 Å². The van der Waals surface area contributed by atoms with Crippen molar-refractivity contribution in [3.05, 3.63) is 64.7 Å². The molecule has 8 nitrogen and oxygen atoms in total. The van der Waals surface area contributed by atoms with Crippen LogP contribution < -0.4 is 15.4 Å². The highest BCUT2D eigenvalue weighted by Gasteiger charge is 2.20. The summed E-state index contributed by atoms with van der Waals surface area (Å²) in [6.45, 7) is 4.34. The third-order valence-electron chi connectivity index (χ3n) is 4.89. The minimum atomic E-state index is -0.553. The van der Waals surface area contributed by atoms with E-state index in [4.69, 9.17) is 16.3 Å². The molecule has 2 N–H and O–H groups in total. The number of rotatable bonds is 10. The minimum absolute atomic E-state index is 0.0659. The van der Waals surface area contributed by atoms with E-state index in [1.807, 2.05) is 42.7 Å². The Balaban J connectivity index is 1.57. The monoisotopic (exact) mass is 505 g/mol. The summed E-state index contributed by atoms with van der Waals surface area (Å²) in [5.74, 6) is 0.414. The second-order valence-corrected chi connectivity index (χ2v) is 8.71. The number of halogens is 2. The first-order chi connectivity index (χ1) is 16.3. The summed E-state index contributed by atoms with van der Waals surface area (Å²) < 4.78 is 20.3. The van der Waals surface area contributed by atoms with Crippen molar-refractivity contribution in [2.75, 3.05) is 18.2 Å². The first kappa shape index (κ1) is 25.5. The van der Waals surface area contributed by atoms with Crippen LogP contribution in [0.1, 0.15) is 31.3 Å². The molecule has 2 amide bonds. The summed E-state index contributed by atoms with van der Waals surface area (Å²) in [6.07, 6.45) is 0.226. The van der Waals surface area contributed by atoms with E-state index >= 15 is 0 Å². The van der Waals surface area contributed by atoms with Crippen LogP contribution in [-0.4, -0.2) is 39.4 Å². The van der Waals surface area contributed by atoms with Crippen LogP contribution in [0.2, 0.25) is 5.02 Å². The summed E-state index contributed by atoms with van der Waals surface area (Å²) in [6, 6.07) is 10.9. The van der Waals surface area contributed by atoms with Crippen LogP contribution in [-0.2, 0) is 22.6 Å². The molecule has 180 valence electrons. The zero-order valence-corrected chi connectivity index (χ0v) is 20.5. The molecule has 1 atom stereocenters. The van der Waals surface area contributed by atoms with Gasteiger partial charge in [-0.15, -0.1) is 10.2 Å². The number of hydrogen-bond acceptors (Lipinski definition) is 6. The fraction of sp³-hybridized carbons (Fsp3) is 0.304. The minimum Gasteiger partial charge on any atom is -0.497 e. The van der Waals surface area contributed by atoms with Gasteiger partial charge in [0, 0.05) is 12.2 Å². The number of amides is 2. The first-order valence-corrected chi connectivity index (χ1v) is 11.9. The lowest BCUT2D eigenvalue weighted by Gasteiger charge is -2.15. The van der Waals surface area contributed by atoms with Crippen LogP contribution in [0.4, 0.5) is 10.1 Å². The highest BCUT2D eigenvalue weighted by molar-refractivity contribution is 7.99. The van der Waals surface area contributed by atoms with Crippen LogP contribution in [0.5, 0.6) is 5.75 Å². The predicted molar refractivity (Wildman–Crippen MR) is 130 cm³/mol. The fourth-order valence-electron chi connectivity index (χ4n) is 3.21. The molecule has 2 aromatic carbocycles. The summed E-state index contributed by atoms with van der Waals surface area (Å²) in [5, 5.41) is 14.5. The lowest BCUT2D eigenvalue weighted by molar-refractivity contribution is -0.121. The van der Waals surface area contributed by atoms with Gasteiger partial charge in [-0.25, -0.2) is 4.39 Å². The van der Waals surface area contributed by atoms with Gasteiger partial charge in [-0.3, -0.25) is 9.59 Å². The number of carbonyl (C=O) groups is 2. The highest BCUT2D eigenvalue weighted by Crippen LogP contribution is 2.23. The maximum atomic E-state index is 13.3. The number of ether oxygens (including phenoxy) is 1. The van der Waals surface area contributed by atoms with Gasteiger partial charge in [-0.05, 0) is 49.7 Å². The van der Waals surface area contributed by atoms with E-state index in [1.54, 1.807) is 7.11 Å². The van der Waals surface area contributed by atoms with Crippen LogP contribution >= 0.6 is 23.4 Å². The molecule has 3 rings (SSSR count). The summed E-state index contributed by atoms with van der Waals surface area (Å²) in [5.41, 5.74) is 1.27. The van der Waals surface area contributed by atoms with Crippen molar-refractivity contribution < 1.29 is 18.7 Å². The number of benzene rings is 2. The Bertz CT molecular complexity index is 1160. The molecule has 0 aliphatic heterocycles. The Kier molecular flexibility index (Phi) is 8.89. The molecule has 0 aliphatic carbocycles. The maximum Gasteiger partial charge on any atom is 0.234 e. The highest BCUT2D eigenvalue weighted by atomic mass is 35.5. The summed E-state index contributed by atoms with van der Waals surface area (Å²) in [7, 11) is 1.59. The van der Waals surface area contributed by atoms with Gasteiger partial charge in [-0.1, -0.05) is 35.5 Å². The van der Waals surface area contributed by atoms with Crippen molar-refractivity contribution >= 4 is 40.9 Å². The molecule has 0 fully saturated rings. The number of nitrogens with one attached hydrogen (secondary N) is 2. The van der Waals surface area contributed by atoms with Crippen LogP contribution in [0, 0.1) is 5.82 Å². The molecule has 34 heavy (non-hydrogen) atoms. The lowest BCUT2D eigenvalue weighted by atomic mass is 10.1. The quantitative estimate of drug-likeness (QED) is 0.400. The molecule has 1 heterocycles. The van der Waals surface area contributed by atoms with E-state index in [2.05, 4.69) is 20.8 Å². The Morgan fingerprint density at radius 1 is 1.18 bits per heavy atom. The van der Waals surface area contributed by atoms with Crippen molar-refractivity contribution in [1.29, 1.82) is 0 Å². The van der Waals surface area contributed by atoms with Gasteiger partial charge in [0.1, 0.15) is 11.6 Å². The zero-order chi connectivity index (χ0) is 24.7. The lowest BCUT2D eigenvalue weighted by Crippen LogP contribution is -2.30. The first-order valence-electron chi connectivity index (χ1n) is 10.5. The smallest absolute Gasteiger partial charge is 0.234 e. The SMILES string of the molecule is CCn1c(SCC(=O)Nc2ccc(F)c(Cl)c2)nnc1C(C)NC(=O)Cc1ccc(OC)cc1. The number of thioether (sulfide) groups is 1. The van der Waals surface area contributed by atoms with Gasteiger partial charge >= 0.3 is 0 Å². The molecule has 0 bridgehead atoms. The predicted octanol–water partition coefficient (Wildman–Crippen LogP) is 4.25. The van der Waals surface area contributed by atoms with Crippen molar-refractivity contribution in [2.45, 2.75) is 38.0 Å². The Labute approximate surface area is 206 Å². The zero-order valence-electron chi connectivity index (χ0n) is 19.0. The van der Waals surface area contributed by atoms with Crippen LogP contribution in [0.3, 0.4) is 0 Å². The fourth-order valence-corrected chi connectivity index (χ4v) is 4.20. The van der Waals surface area contributed by atoms with Crippen molar-refractivity contribution in [3.63, 3.8) is 0 Å². The van der Waals surface area contributed by atoms with Gasteiger partial charge in [0.05, 0.1) is 30.3 Å². The Hall–Kier alpha value is -3.11. The molecule has 0 radical (unpaired) electrons. The average molecular weight is 506 g/mol. The number of aromatic nitrogens is 3. The molecular formula is C23H25ClFN5O3S. The Morgan fingerprint density at radius 3 is 2.56 bits per heavy atom. The molecule has 0 saturated carbocycles. The van der Waals surface area contributed by atoms with E-state index < -0.39 is 5.82 Å². The van der Waals surface area contributed by atoms with E-state index in [9.17, 15) is 14.0 Å². The molecule has 0 aliphatic rings. The van der Waals surface area contributed by atoms with Crippen molar-refractivity contribution in [3.8, 4) is 5.75 Å². The third kappa shape index (κ3) is 6.71. The molecule has 3 aromatic rings. The standard InChI is InChI=1S/C23H25ClFN5O3S/c1-4-30-22(14(2)26-20(31)11-15-5-8-17(33-3)9-6-15)28-29-23(30)34-13-21(32)27-16-7-10-19(25)18(24)12-16/h5-10,12,14H,4,11,13H2,1-3H3,(H,26,31)(H,27,32). The van der Waals surface area contributed by atoms with Gasteiger partial charge in [0.2, 0.25) is 11.8 Å². The normalized spacial score (nSPS) is 11.7. The molecule has 0 spiro atoms. The van der Waals surface area contributed by atoms with Crippen molar-refractivity contribution in [1.82, 2.24) is 20.1 Å². The molecular weight excluding hydrogens is 481 g/mol. The van der Waals surface area contributed by atoms with Crippen LogP contribution in [0.25, 0.3) is 0 Å². The Morgan fingerprint density at radius 2 is 1.91 bits per heavy atom. The van der Waals surface area contributed by atoms with E-state index in [-0.39, 0.29) is 35.1 Å². The molecule has 0 saturated heterocycles. The second kappa shape index (κ2) is 11.8. The number of anilines is 1. The average Bonchev–Trinajstić information content (AvgIpc) is 3.23. The number of hydrogen-bond donors (Lipinski definition) is 2. The molecule has 11 heteroatoms. The number of methoxy groups -OCH3 is 1. The van der Waals surface area contributed by atoms with Crippen LogP contribution in [0.15, 0.2) is 47.6 Å². The largest absolute Gasteiger partial charge is 0.497 e. The summed E-state index contributed by atoms with van der Waals surface area (Å²) in [4.78, 5) is 24.8. The van der Waals surface area contributed by atoms with E-state index in [1.165, 1.54) is 30.0 Å².